The summed E-state index contributed by atoms with van der Waals surface area (Å²) in [6.45, 7) is 3.50. The van der Waals surface area contributed by atoms with Crippen LogP contribution in [-0.2, 0) is 0 Å². The second-order valence-electron chi connectivity index (χ2n) is 2.29. The van der Waals surface area contributed by atoms with Crippen LogP contribution in [0.4, 0.5) is 0 Å². The van der Waals surface area contributed by atoms with E-state index in [0.717, 1.165) is 0 Å². The maximum absolute atomic E-state index is 9.39. The van der Waals surface area contributed by atoms with E-state index in [1.165, 1.54) is 6.08 Å². The second kappa shape index (κ2) is 3.91. The highest BCUT2D eigenvalue weighted by molar-refractivity contribution is 14.1. The van der Waals surface area contributed by atoms with Gasteiger partial charge in [0.15, 0.2) is 11.5 Å². The summed E-state index contributed by atoms with van der Waals surface area (Å²) >= 11 is 3.85. The first-order valence-corrected chi connectivity index (χ1v) is 5.40. The minimum absolute atomic E-state index is 0.298. The molecule has 0 fully saturated rings. The second-order valence-corrected chi connectivity index (χ2v) is 4.45. The summed E-state index contributed by atoms with van der Waals surface area (Å²) in [6.07, 6.45) is 1.43. The summed E-state index contributed by atoms with van der Waals surface area (Å²) in [5, 5.41) is 28.0. The number of hydrogen-bond acceptors (Lipinski definition) is 3. The monoisotopic (exact) mass is 404 g/mol. The highest BCUT2D eigenvalue weighted by atomic mass is 127. The number of phenolic OH excluding ortho intramolecular Hbond substituents is 3. The van der Waals surface area contributed by atoms with E-state index in [0.29, 0.717) is 12.7 Å². The van der Waals surface area contributed by atoms with E-state index in [1.54, 1.807) is 0 Å². The molecule has 0 unspecified atom stereocenters. The molecule has 0 saturated carbocycles. The fraction of sp³-hybridized carbons (Fsp3) is 0. The molecule has 0 radical (unpaired) electrons. The Labute approximate surface area is 102 Å². The zero-order chi connectivity index (χ0) is 10.2. The van der Waals surface area contributed by atoms with Crippen molar-refractivity contribution in [2.75, 3.05) is 0 Å². The Morgan fingerprint density at radius 1 is 0.923 bits per heavy atom. The van der Waals surface area contributed by atoms with Gasteiger partial charge >= 0.3 is 0 Å². The van der Waals surface area contributed by atoms with Crippen LogP contribution in [-0.4, -0.2) is 15.3 Å². The molecule has 1 rings (SSSR count). The number of aromatic hydroxyl groups is 3. The van der Waals surface area contributed by atoms with E-state index >= 15 is 0 Å². The normalized spacial score (nSPS) is 10.0. The van der Waals surface area contributed by atoms with Gasteiger partial charge in [0.05, 0.1) is 3.57 Å². The highest BCUT2D eigenvalue weighted by Gasteiger charge is 2.18. The van der Waals surface area contributed by atoms with Crippen molar-refractivity contribution >= 4 is 51.3 Å². The third-order valence-electron chi connectivity index (χ3n) is 1.54. The van der Waals surface area contributed by atoms with Crippen molar-refractivity contribution in [1.82, 2.24) is 0 Å². The fourth-order valence-corrected chi connectivity index (χ4v) is 2.13. The highest BCUT2D eigenvalue weighted by Crippen LogP contribution is 2.44. The van der Waals surface area contributed by atoms with Crippen LogP contribution in [0.3, 0.4) is 0 Å². The van der Waals surface area contributed by atoms with Crippen molar-refractivity contribution in [2.24, 2.45) is 0 Å². The topological polar surface area (TPSA) is 60.7 Å². The molecular formula is C8H6I2O3. The van der Waals surface area contributed by atoms with Gasteiger partial charge in [-0.2, -0.15) is 0 Å². The molecule has 0 aliphatic carbocycles. The van der Waals surface area contributed by atoms with Crippen LogP contribution in [0.15, 0.2) is 6.58 Å². The summed E-state index contributed by atoms with van der Waals surface area (Å²) in [5.41, 5.74) is 0.431. The van der Waals surface area contributed by atoms with Gasteiger partial charge < -0.3 is 15.3 Å². The molecule has 0 bridgehead atoms. The molecule has 0 atom stereocenters. The third kappa shape index (κ3) is 1.71. The molecule has 13 heavy (non-hydrogen) atoms. The van der Waals surface area contributed by atoms with E-state index in [-0.39, 0.29) is 11.5 Å². The van der Waals surface area contributed by atoms with Crippen molar-refractivity contribution in [1.29, 1.82) is 0 Å². The van der Waals surface area contributed by atoms with Crippen LogP contribution in [0.2, 0.25) is 0 Å². The molecule has 0 aliphatic heterocycles. The van der Waals surface area contributed by atoms with Gasteiger partial charge in [0.2, 0.25) is 5.75 Å². The smallest absolute Gasteiger partial charge is 0.202 e. The molecule has 5 heteroatoms. The number of halogens is 2. The lowest BCUT2D eigenvalue weighted by Crippen LogP contribution is -1.88. The summed E-state index contributed by atoms with van der Waals surface area (Å²) in [4.78, 5) is 0. The molecule has 70 valence electrons. The predicted octanol–water partition coefficient (Wildman–Crippen LogP) is 2.66. The predicted molar refractivity (Wildman–Crippen MR) is 67.0 cm³/mol. The molecule has 0 amide bonds. The Morgan fingerprint density at radius 3 is 1.92 bits per heavy atom. The van der Waals surface area contributed by atoms with Gasteiger partial charge in [0.25, 0.3) is 0 Å². The maximum atomic E-state index is 9.39. The largest absolute Gasteiger partial charge is 0.504 e. The van der Waals surface area contributed by atoms with Gasteiger partial charge in [0.1, 0.15) is 0 Å². The summed E-state index contributed by atoms with van der Waals surface area (Å²) in [6, 6.07) is 0. The van der Waals surface area contributed by atoms with Gasteiger partial charge in [-0.15, -0.1) is 0 Å². The average Bonchev–Trinajstić information content (AvgIpc) is 2.13. The first kappa shape index (κ1) is 10.9. The van der Waals surface area contributed by atoms with Gasteiger partial charge in [-0.25, -0.2) is 0 Å². The molecule has 3 nitrogen and oxygen atoms in total. The Bertz CT molecular complexity index is 345. The molecule has 0 heterocycles. The first-order chi connectivity index (χ1) is 6.00. The van der Waals surface area contributed by atoms with Crippen molar-refractivity contribution in [2.45, 2.75) is 0 Å². The maximum Gasteiger partial charge on any atom is 0.202 e. The number of benzene rings is 1. The summed E-state index contributed by atoms with van der Waals surface area (Å²) in [7, 11) is 0. The average molecular weight is 404 g/mol. The lowest BCUT2D eigenvalue weighted by Gasteiger charge is -2.09. The van der Waals surface area contributed by atoms with Crippen molar-refractivity contribution in [3.8, 4) is 17.2 Å². The van der Waals surface area contributed by atoms with Gasteiger partial charge in [-0.05, 0) is 45.2 Å². The molecule has 3 N–H and O–H groups in total. The fourth-order valence-electron chi connectivity index (χ4n) is 0.856. The number of phenols is 3. The number of hydrogen-bond donors (Lipinski definition) is 3. The minimum Gasteiger partial charge on any atom is -0.504 e. The molecule has 1 aromatic carbocycles. The van der Waals surface area contributed by atoms with Crippen LogP contribution in [0.5, 0.6) is 17.2 Å². The van der Waals surface area contributed by atoms with Crippen LogP contribution >= 0.6 is 45.2 Å². The lowest BCUT2D eigenvalue weighted by molar-refractivity contribution is 0.365. The van der Waals surface area contributed by atoms with Crippen molar-refractivity contribution in [3.63, 3.8) is 0 Å². The Kier molecular flexibility index (Phi) is 3.28. The molecule has 0 spiro atoms. The molecule has 0 aliphatic rings. The summed E-state index contributed by atoms with van der Waals surface area (Å²) in [5.74, 6) is -1.13. The third-order valence-corrected chi connectivity index (χ3v) is 4.75. The van der Waals surface area contributed by atoms with E-state index in [2.05, 4.69) is 6.58 Å². The standard InChI is InChI=1S/C8H6I2O3/c1-2-3-4(9)5(10)7(12)8(13)6(3)11/h2,11-13H,1H2. The van der Waals surface area contributed by atoms with Crippen LogP contribution < -0.4 is 0 Å². The van der Waals surface area contributed by atoms with E-state index < -0.39 is 5.75 Å². The van der Waals surface area contributed by atoms with Crippen LogP contribution in [0.1, 0.15) is 5.56 Å². The van der Waals surface area contributed by atoms with Crippen molar-refractivity contribution < 1.29 is 15.3 Å². The van der Waals surface area contributed by atoms with E-state index in [4.69, 9.17) is 0 Å². The van der Waals surface area contributed by atoms with Crippen LogP contribution in [0.25, 0.3) is 6.08 Å². The summed E-state index contributed by atoms with van der Waals surface area (Å²) < 4.78 is 1.17. The quantitative estimate of drug-likeness (QED) is 0.499. The van der Waals surface area contributed by atoms with E-state index in [1.807, 2.05) is 45.2 Å². The molecule has 1 aromatic rings. The van der Waals surface area contributed by atoms with Crippen molar-refractivity contribution in [3.05, 3.63) is 19.3 Å². The molecule has 0 aromatic heterocycles. The zero-order valence-corrected chi connectivity index (χ0v) is 10.7. The molecule has 0 saturated heterocycles. The number of rotatable bonds is 1. The molecular weight excluding hydrogens is 398 g/mol. The zero-order valence-electron chi connectivity index (χ0n) is 6.38. The first-order valence-electron chi connectivity index (χ1n) is 3.25. The Balaban J connectivity index is 3.66. The Hall–Kier alpha value is -0.180. The van der Waals surface area contributed by atoms with Gasteiger partial charge in [-0.1, -0.05) is 12.7 Å². The minimum atomic E-state index is -0.500. The lowest BCUT2D eigenvalue weighted by atomic mass is 10.2. The van der Waals surface area contributed by atoms with E-state index in [9.17, 15) is 15.3 Å². The van der Waals surface area contributed by atoms with Crippen LogP contribution in [0, 0.1) is 7.14 Å². The Morgan fingerprint density at radius 2 is 1.46 bits per heavy atom. The van der Waals surface area contributed by atoms with Gasteiger partial charge in [0, 0.05) is 9.13 Å². The SMILES string of the molecule is C=Cc1c(O)c(O)c(O)c(I)c1I. The van der Waals surface area contributed by atoms with Gasteiger partial charge in [-0.3, -0.25) is 0 Å².